The lowest BCUT2D eigenvalue weighted by molar-refractivity contribution is 0.0383. The van der Waals surface area contributed by atoms with E-state index in [0.717, 1.165) is 49.8 Å². The number of nitrogens with one attached hydrogen (secondary N) is 1. The first-order valence-corrected chi connectivity index (χ1v) is 10.8. The van der Waals surface area contributed by atoms with Gasteiger partial charge in [-0.1, -0.05) is 29.8 Å². The second kappa shape index (κ2) is 9.45. The Morgan fingerprint density at radius 2 is 1.74 bits per heavy atom. The first kappa shape index (κ1) is 21.3. The quantitative estimate of drug-likeness (QED) is 0.665. The van der Waals surface area contributed by atoms with Crippen molar-refractivity contribution < 1.29 is 9.53 Å². The molecule has 2 aromatic carbocycles. The predicted molar refractivity (Wildman–Crippen MR) is 123 cm³/mol. The van der Waals surface area contributed by atoms with Gasteiger partial charge >= 0.3 is 0 Å². The van der Waals surface area contributed by atoms with Gasteiger partial charge in [-0.3, -0.25) is 9.69 Å². The molecule has 4 rings (SSSR count). The zero-order valence-corrected chi connectivity index (χ0v) is 18.5. The fourth-order valence-electron chi connectivity index (χ4n) is 3.71. The molecular weight excluding hydrogens is 388 g/mol. The number of aryl methyl sites for hydroxylation is 3. The molecule has 162 valence electrons. The first-order chi connectivity index (χ1) is 15.0. The van der Waals surface area contributed by atoms with Crippen molar-refractivity contribution in [2.75, 3.05) is 39.4 Å². The Hall–Kier alpha value is -2.96. The third-order valence-corrected chi connectivity index (χ3v) is 5.84. The standard InChI is InChI=1S/C25H30N4O2/c1-18-4-8-22(9-5-18)29-24(25(30)26-10-11-28-12-14-31-15-13-28)17-23(27-29)21-7-6-19(2)20(3)16-21/h4-9,16-17H,10-15H2,1-3H3,(H,26,30). The van der Waals surface area contributed by atoms with E-state index in [-0.39, 0.29) is 5.91 Å². The van der Waals surface area contributed by atoms with Crippen LogP contribution in [0.25, 0.3) is 16.9 Å². The monoisotopic (exact) mass is 418 g/mol. The Balaban J connectivity index is 1.59. The number of aromatic nitrogens is 2. The summed E-state index contributed by atoms with van der Waals surface area (Å²) in [6, 6.07) is 16.2. The molecule has 0 unspecified atom stereocenters. The van der Waals surface area contributed by atoms with E-state index < -0.39 is 0 Å². The smallest absolute Gasteiger partial charge is 0.270 e. The van der Waals surface area contributed by atoms with Crippen molar-refractivity contribution in [3.63, 3.8) is 0 Å². The number of carbonyl (C=O) groups excluding carboxylic acids is 1. The molecule has 0 spiro atoms. The number of carbonyl (C=O) groups is 1. The molecule has 6 nitrogen and oxygen atoms in total. The number of rotatable bonds is 6. The van der Waals surface area contributed by atoms with Crippen LogP contribution in [0.4, 0.5) is 0 Å². The highest BCUT2D eigenvalue weighted by Crippen LogP contribution is 2.24. The third kappa shape index (κ3) is 5.03. The van der Waals surface area contributed by atoms with Gasteiger partial charge < -0.3 is 10.1 Å². The van der Waals surface area contributed by atoms with Crippen LogP contribution in [-0.4, -0.2) is 60.0 Å². The molecule has 1 amide bonds. The Kier molecular flexibility index (Phi) is 6.49. The van der Waals surface area contributed by atoms with Crippen molar-refractivity contribution in [3.8, 4) is 16.9 Å². The van der Waals surface area contributed by atoms with E-state index in [2.05, 4.69) is 42.3 Å². The minimum absolute atomic E-state index is 0.114. The second-order valence-corrected chi connectivity index (χ2v) is 8.17. The first-order valence-electron chi connectivity index (χ1n) is 10.8. The van der Waals surface area contributed by atoms with Crippen LogP contribution < -0.4 is 5.32 Å². The minimum Gasteiger partial charge on any atom is -0.379 e. The van der Waals surface area contributed by atoms with Gasteiger partial charge in [-0.2, -0.15) is 5.10 Å². The summed E-state index contributed by atoms with van der Waals surface area (Å²) in [5.41, 5.74) is 6.83. The van der Waals surface area contributed by atoms with Gasteiger partial charge in [-0.15, -0.1) is 0 Å². The molecule has 2 heterocycles. The number of amides is 1. The summed E-state index contributed by atoms with van der Waals surface area (Å²) < 4.78 is 7.13. The molecular formula is C25H30N4O2. The maximum Gasteiger partial charge on any atom is 0.270 e. The zero-order valence-electron chi connectivity index (χ0n) is 18.5. The highest BCUT2D eigenvalue weighted by Gasteiger charge is 2.18. The van der Waals surface area contributed by atoms with Gasteiger partial charge in [0.2, 0.25) is 0 Å². The lowest BCUT2D eigenvalue weighted by atomic mass is 10.0. The van der Waals surface area contributed by atoms with Crippen molar-refractivity contribution in [2.24, 2.45) is 0 Å². The van der Waals surface area contributed by atoms with Crippen LogP contribution in [0, 0.1) is 20.8 Å². The number of benzene rings is 2. The van der Waals surface area contributed by atoms with E-state index in [1.165, 1.54) is 16.7 Å². The summed E-state index contributed by atoms with van der Waals surface area (Å²) in [7, 11) is 0. The van der Waals surface area contributed by atoms with Gasteiger partial charge in [0, 0.05) is 31.7 Å². The van der Waals surface area contributed by atoms with Crippen LogP contribution in [0.5, 0.6) is 0 Å². The van der Waals surface area contributed by atoms with E-state index in [4.69, 9.17) is 9.84 Å². The second-order valence-electron chi connectivity index (χ2n) is 8.17. The van der Waals surface area contributed by atoms with Crippen LogP contribution in [0.2, 0.25) is 0 Å². The average Bonchev–Trinajstić information content (AvgIpc) is 3.22. The molecule has 6 heteroatoms. The third-order valence-electron chi connectivity index (χ3n) is 5.84. The van der Waals surface area contributed by atoms with Gasteiger partial charge in [0.15, 0.2) is 0 Å². The van der Waals surface area contributed by atoms with Crippen LogP contribution in [0.15, 0.2) is 48.5 Å². The predicted octanol–water partition coefficient (Wildman–Crippen LogP) is 3.53. The molecule has 0 bridgehead atoms. The highest BCUT2D eigenvalue weighted by molar-refractivity contribution is 5.94. The van der Waals surface area contributed by atoms with Gasteiger partial charge in [-0.05, 0) is 56.2 Å². The molecule has 1 fully saturated rings. The summed E-state index contributed by atoms with van der Waals surface area (Å²) >= 11 is 0. The molecule has 0 atom stereocenters. The minimum atomic E-state index is -0.114. The number of hydrogen-bond donors (Lipinski definition) is 1. The van der Waals surface area contributed by atoms with Crippen molar-refractivity contribution in [3.05, 3.63) is 70.9 Å². The van der Waals surface area contributed by atoms with Crippen LogP contribution in [-0.2, 0) is 4.74 Å². The van der Waals surface area contributed by atoms with Crippen molar-refractivity contribution in [2.45, 2.75) is 20.8 Å². The van der Waals surface area contributed by atoms with E-state index >= 15 is 0 Å². The molecule has 1 aromatic heterocycles. The number of ether oxygens (including phenoxy) is 1. The largest absolute Gasteiger partial charge is 0.379 e. The highest BCUT2D eigenvalue weighted by atomic mass is 16.5. The Morgan fingerprint density at radius 1 is 1.00 bits per heavy atom. The Morgan fingerprint density at radius 3 is 2.45 bits per heavy atom. The zero-order chi connectivity index (χ0) is 21.8. The molecule has 1 aliphatic rings. The normalized spacial score (nSPS) is 14.5. The van der Waals surface area contributed by atoms with Gasteiger partial charge in [0.1, 0.15) is 5.69 Å². The van der Waals surface area contributed by atoms with Crippen molar-refractivity contribution >= 4 is 5.91 Å². The molecule has 3 aromatic rings. The van der Waals surface area contributed by atoms with Crippen molar-refractivity contribution in [1.29, 1.82) is 0 Å². The van der Waals surface area contributed by atoms with E-state index in [0.29, 0.717) is 12.2 Å². The van der Waals surface area contributed by atoms with Gasteiger partial charge in [-0.25, -0.2) is 4.68 Å². The van der Waals surface area contributed by atoms with Crippen LogP contribution in [0.1, 0.15) is 27.2 Å². The SMILES string of the molecule is Cc1ccc(-n2nc(-c3ccc(C)c(C)c3)cc2C(=O)NCCN2CCOCC2)cc1. The lowest BCUT2D eigenvalue weighted by Gasteiger charge is -2.26. The maximum atomic E-state index is 13.1. The molecule has 1 aliphatic heterocycles. The summed E-state index contributed by atoms with van der Waals surface area (Å²) in [6.45, 7) is 11.0. The summed E-state index contributed by atoms with van der Waals surface area (Å²) in [5, 5.41) is 7.87. The Labute approximate surface area is 183 Å². The average molecular weight is 419 g/mol. The number of hydrogen-bond acceptors (Lipinski definition) is 4. The molecule has 0 radical (unpaired) electrons. The molecule has 1 N–H and O–H groups in total. The van der Waals surface area contributed by atoms with Crippen molar-refractivity contribution in [1.82, 2.24) is 20.0 Å². The van der Waals surface area contributed by atoms with E-state index in [1.54, 1.807) is 4.68 Å². The maximum absolute atomic E-state index is 13.1. The number of nitrogens with zero attached hydrogens (tertiary/aromatic N) is 3. The summed E-state index contributed by atoms with van der Waals surface area (Å²) in [5.74, 6) is -0.114. The molecule has 1 saturated heterocycles. The topological polar surface area (TPSA) is 59.4 Å². The summed E-state index contributed by atoms with van der Waals surface area (Å²) in [6.07, 6.45) is 0. The fourth-order valence-corrected chi connectivity index (χ4v) is 3.71. The molecule has 0 aliphatic carbocycles. The lowest BCUT2D eigenvalue weighted by Crippen LogP contribution is -2.41. The van der Waals surface area contributed by atoms with E-state index in [9.17, 15) is 4.79 Å². The summed E-state index contributed by atoms with van der Waals surface area (Å²) in [4.78, 5) is 15.4. The number of morpholine rings is 1. The van der Waals surface area contributed by atoms with Gasteiger partial charge in [0.05, 0.1) is 24.6 Å². The molecule has 0 saturated carbocycles. The van der Waals surface area contributed by atoms with Gasteiger partial charge in [0.25, 0.3) is 5.91 Å². The molecule has 31 heavy (non-hydrogen) atoms. The Bertz CT molecular complexity index is 1050. The van der Waals surface area contributed by atoms with E-state index in [1.807, 2.05) is 37.3 Å². The van der Waals surface area contributed by atoms with Crippen LogP contribution in [0.3, 0.4) is 0 Å². The van der Waals surface area contributed by atoms with Crippen LogP contribution >= 0.6 is 0 Å². The fraction of sp³-hybridized carbons (Fsp3) is 0.360.